The smallest absolute Gasteiger partial charge is 0.0714 e. The van der Waals surface area contributed by atoms with Crippen molar-refractivity contribution in [3.8, 4) is 39.1 Å². The molecule has 0 aliphatic heterocycles. The predicted molar refractivity (Wildman–Crippen MR) is 299 cm³/mol. The first-order valence-corrected chi connectivity index (χ1v) is 24.6. The van der Waals surface area contributed by atoms with Gasteiger partial charge in [-0.05, 0) is 120 Å². The third kappa shape index (κ3) is 6.49. The Balaban J connectivity index is 1.03. The van der Waals surface area contributed by atoms with Crippen LogP contribution in [0.15, 0.2) is 279 Å². The van der Waals surface area contributed by atoms with Crippen LogP contribution in [0, 0.1) is 0 Å². The van der Waals surface area contributed by atoms with Gasteiger partial charge < -0.3 is 9.47 Å². The Morgan fingerprint density at radius 2 is 0.845 bits per heavy atom. The van der Waals surface area contributed by atoms with Crippen molar-refractivity contribution in [3.05, 3.63) is 301 Å². The van der Waals surface area contributed by atoms with Crippen LogP contribution < -0.4 is 4.90 Å². The summed E-state index contributed by atoms with van der Waals surface area (Å²) in [5.41, 5.74) is 18.5. The van der Waals surface area contributed by atoms with Gasteiger partial charge in [0.2, 0.25) is 0 Å². The summed E-state index contributed by atoms with van der Waals surface area (Å²) < 4.78 is 2.50. The van der Waals surface area contributed by atoms with E-state index in [0.717, 1.165) is 28.3 Å². The van der Waals surface area contributed by atoms with Crippen LogP contribution in [0.4, 0.5) is 17.1 Å². The number of anilines is 3. The first-order valence-electron chi connectivity index (χ1n) is 24.6. The first kappa shape index (κ1) is 40.8. The first-order chi connectivity index (χ1) is 35.2. The molecule has 1 atom stereocenters. The summed E-state index contributed by atoms with van der Waals surface area (Å²) in [6.45, 7) is 0. The summed E-state index contributed by atoms with van der Waals surface area (Å²) >= 11 is 0. The number of hydrogen-bond donors (Lipinski definition) is 0. The van der Waals surface area contributed by atoms with E-state index < -0.39 is 5.41 Å². The maximum atomic E-state index is 2.50. The Morgan fingerprint density at radius 3 is 1.65 bits per heavy atom. The fraction of sp³-hybridized carbons (Fsp3) is 0.0145. The van der Waals surface area contributed by atoms with Gasteiger partial charge in [-0.3, -0.25) is 0 Å². The minimum atomic E-state index is -0.589. The van der Waals surface area contributed by atoms with Gasteiger partial charge in [0.25, 0.3) is 0 Å². The van der Waals surface area contributed by atoms with Crippen molar-refractivity contribution in [2.75, 3.05) is 4.90 Å². The van der Waals surface area contributed by atoms with Gasteiger partial charge >= 0.3 is 0 Å². The SMILES string of the molecule is c1ccc(-c2ccc(C3(c4ccccc4)c4ccccc4-c4ccc(N(c5ccc6ccccc6c5)c5ccc6c7ccc8ccccc8c7n(-c7cccc(-c8ccccc8)c7)c6c5)cc43)cc2)cc1. The van der Waals surface area contributed by atoms with Crippen LogP contribution in [0.5, 0.6) is 0 Å². The highest BCUT2D eigenvalue weighted by atomic mass is 15.1. The van der Waals surface area contributed by atoms with Crippen LogP contribution in [0.1, 0.15) is 22.3 Å². The molecule has 0 spiro atoms. The molecule has 332 valence electrons. The minimum Gasteiger partial charge on any atom is -0.310 e. The molecule has 13 aromatic rings. The van der Waals surface area contributed by atoms with E-state index in [2.05, 4.69) is 289 Å². The van der Waals surface area contributed by atoms with E-state index >= 15 is 0 Å². The van der Waals surface area contributed by atoms with E-state index in [1.165, 1.54) is 93.5 Å². The molecule has 1 aliphatic rings. The average molecular weight is 903 g/mol. The molecule has 2 nitrogen and oxygen atoms in total. The standard InChI is InChI=1S/C69H46N2/c1-4-17-47(18-5-1)50-31-35-55(36-32-50)69(54-25-8-3-9-26-54)65-30-15-14-29-61(65)62-41-38-58(45-66(62)69)70(57-37-33-49-21-10-11-23-52(49)44-57)59-39-42-63-64-40-34-51-22-12-13-28-60(51)68(64)71(67(63)46-59)56-27-16-24-53(43-56)48-19-6-2-7-20-48/h1-46H. The molecule has 1 unspecified atom stereocenters. The second kappa shape index (κ2) is 16.5. The van der Waals surface area contributed by atoms with Crippen LogP contribution in [0.25, 0.3) is 82.4 Å². The lowest BCUT2D eigenvalue weighted by molar-refractivity contribution is 0.768. The van der Waals surface area contributed by atoms with Crippen molar-refractivity contribution >= 4 is 60.4 Å². The molecule has 0 amide bonds. The Morgan fingerprint density at radius 1 is 0.296 bits per heavy atom. The number of rotatable bonds is 8. The van der Waals surface area contributed by atoms with E-state index in [9.17, 15) is 0 Å². The minimum absolute atomic E-state index is 0.589. The lowest BCUT2D eigenvalue weighted by Crippen LogP contribution is -2.28. The molecule has 0 N–H and O–H groups in total. The second-order valence-electron chi connectivity index (χ2n) is 18.8. The monoisotopic (exact) mass is 902 g/mol. The zero-order valence-electron chi connectivity index (χ0n) is 39.0. The van der Waals surface area contributed by atoms with Gasteiger partial charge in [0.05, 0.1) is 16.4 Å². The quantitative estimate of drug-likeness (QED) is 0.147. The fourth-order valence-electron chi connectivity index (χ4n) is 11.8. The van der Waals surface area contributed by atoms with Gasteiger partial charge in [0, 0.05) is 38.9 Å². The van der Waals surface area contributed by atoms with Crippen LogP contribution in [0.2, 0.25) is 0 Å². The van der Waals surface area contributed by atoms with Crippen molar-refractivity contribution in [2.24, 2.45) is 0 Å². The third-order valence-corrected chi connectivity index (χ3v) is 15.0. The molecular weight excluding hydrogens is 857 g/mol. The summed E-state index contributed by atoms with van der Waals surface area (Å²) in [4.78, 5) is 2.48. The Kier molecular flexibility index (Phi) is 9.47. The van der Waals surface area contributed by atoms with Crippen molar-refractivity contribution in [2.45, 2.75) is 5.41 Å². The Labute approximate surface area is 413 Å². The zero-order valence-corrected chi connectivity index (χ0v) is 39.0. The second-order valence-corrected chi connectivity index (χ2v) is 18.8. The molecule has 0 saturated carbocycles. The maximum Gasteiger partial charge on any atom is 0.0714 e. The highest BCUT2D eigenvalue weighted by molar-refractivity contribution is 6.19. The number of hydrogen-bond acceptors (Lipinski definition) is 1. The molecule has 1 aliphatic carbocycles. The summed E-state index contributed by atoms with van der Waals surface area (Å²) in [6.07, 6.45) is 0. The highest BCUT2D eigenvalue weighted by Crippen LogP contribution is 2.57. The van der Waals surface area contributed by atoms with Gasteiger partial charge in [0.1, 0.15) is 0 Å². The maximum absolute atomic E-state index is 2.50. The van der Waals surface area contributed by atoms with Crippen LogP contribution in [0.3, 0.4) is 0 Å². The summed E-state index contributed by atoms with van der Waals surface area (Å²) in [5, 5.41) is 7.30. The molecule has 2 heteroatoms. The third-order valence-electron chi connectivity index (χ3n) is 15.0. The molecule has 12 aromatic carbocycles. The number of benzene rings is 12. The zero-order chi connectivity index (χ0) is 46.9. The molecule has 0 fully saturated rings. The van der Waals surface area contributed by atoms with E-state index in [-0.39, 0.29) is 0 Å². The molecule has 0 bridgehead atoms. The van der Waals surface area contributed by atoms with E-state index in [1.54, 1.807) is 0 Å². The number of fused-ring (bicyclic) bond motifs is 9. The molecular formula is C69H46N2. The van der Waals surface area contributed by atoms with Gasteiger partial charge in [-0.25, -0.2) is 0 Å². The van der Waals surface area contributed by atoms with Gasteiger partial charge in [-0.1, -0.05) is 231 Å². The molecule has 0 saturated heterocycles. The lowest BCUT2D eigenvalue weighted by atomic mass is 9.67. The van der Waals surface area contributed by atoms with Gasteiger partial charge in [-0.2, -0.15) is 0 Å². The van der Waals surface area contributed by atoms with E-state index in [0.29, 0.717) is 0 Å². The normalized spacial score (nSPS) is 14.0. The largest absolute Gasteiger partial charge is 0.310 e. The molecule has 14 rings (SSSR count). The summed E-state index contributed by atoms with van der Waals surface area (Å²) in [5.74, 6) is 0. The molecule has 0 radical (unpaired) electrons. The molecule has 1 heterocycles. The topological polar surface area (TPSA) is 8.17 Å². The number of nitrogens with zero attached hydrogens (tertiary/aromatic N) is 2. The summed E-state index contributed by atoms with van der Waals surface area (Å²) in [6, 6.07) is 103. The van der Waals surface area contributed by atoms with Crippen LogP contribution in [-0.2, 0) is 5.41 Å². The van der Waals surface area contributed by atoms with Crippen molar-refractivity contribution in [3.63, 3.8) is 0 Å². The van der Waals surface area contributed by atoms with Crippen LogP contribution >= 0.6 is 0 Å². The molecule has 71 heavy (non-hydrogen) atoms. The van der Waals surface area contributed by atoms with Crippen molar-refractivity contribution in [1.82, 2.24) is 4.57 Å². The average Bonchev–Trinajstić information content (AvgIpc) is 3.94. The van der Waals surface area contributed by atoms with Crippen molar-refractivity contribution < 1.29 is 0 Å². The van der Waals surface area contributed by atoms with Crippen LogP contribution in [-0.4, -0.2) is 4.57 Å². The van der Waals surface area contributed by atoms with E-state index in [1.807, 2.05) is 0 Å². The fourth-order valence-corrected chi connectivity index (χ4v) is 11.8. The van der Waals surface area contributed by atoms with E-state index in [4.69, 9.17) is 0 Å². The summed E-state index contributed by atoms with van der Waals surface area (Å²) in [7, 11) is 0. The highest BCUT2D eigenvalue weighted by Gasteiger charge is 2.46. The predicted octanol–water partition coefficient (Wildman–Crippen LogP) is 18.3. The number of aromatic nitrogens is 1. The van der Waals surface area contributed by atoms with Gasteiger partial charge in [-0.15, -0.1) is 0 Å². The Bertz CT molecular complexity index is 4150. The van der Waals surface area contributed by atoms with Gasteiger partial charge in [0.15, 0.2) is 0 Å². The van der Waals surface area contributed by atoms with Crippen molar-refractivity contribution in [1.29, 1.82) is 0 Å². The lowest BCUT2D eigenvalue weighted by Gasteiger charge is -2.35. The molecule has 1 aromatic heterocycles. The Hall–Kier alpha value is -9.24.